The van der Waals surface area contributed by atoms with Crippen molar-refractivity contribution in [3.8, 4) is 0 Å². The lowest BCUT2D eigenvalue weighted by Crippen LogP contribution is -2.37. The minimum atomic E-state index is 0.0399. The lowest BCUT2D eigenvalue weighted by Gasteiger charge is -2.28. The lowest BCUT2D eigenvalue weighted by atomic mass is 9.82. The van der Waals surface area contributed by atoms with Crippen LogP contribution in [0.4, 0.5) is 0 Å². The van der Waals surface area contributed by atoms with Gasteiger partial charge in [0, 0.05) is 19.5 Å². The summed E-state index contributed by atoms with van der Waals surface area (Å²) in [5, 5.41) is 0. The lowest BCUT2D eigenvalue weighted by molar-refractivity contribution is -0.139. The molecule has 15 heavy (non-hydrogen) atoms. The molecule has 88 valence electrons. The van der Waals surface area contributed by atoms with E-state index in [4.69, 9.17) is 0 Å². The van der Waals surface area contributed by atoms with Crippen LogP contribution >= 0.6 is 0 Å². The van der Waals surface area contributed by atoms with Crippen LogP contribution in [0.2, 0.25) is 0 Å². The maximum Gasteiger partial charge on any atom is 0.228 e. The van der Waals surface area contributed by atoms with E-state index in [2.05, 4.69) is 6.92 Å². The van der Waals surface area contributed by atoms with Crippen molar-refractivity contribution in [3.63, 3.8) is 0 Å². The Morgan fingerprint density at radius 1 is 1.07 bits per heavy atom. The zero-order valence-electron chi connectivity index (χ0n) is 10.9. The average molecular weight is 211 g/mol. The highest BCUT2D eigenvalue weighted by atomic mass is 16.2. The topological polar surface area (TPSA) is 20.3 Å². The van der Waals surface area contributed by atoms with Gasteiger partial charge in [-0.1, -0.05) is 20.8 Å². The number of carbonyl (C=O) groups excluding carboxylic acids is 1. The van der Waals surface area contributed by atoms with E-state index in [9.17, 15) is 4.79 Å². The van der Waals surface area contributed by atoms with Gasteiger partial charge in [0.1, 0.15) is 0 Å². The van der Waals surface area contributed by atoms with Crippen LogP contribution < -0.4 is 0 Å². The standard InChI is InChI=1S/C11H19NO.C2H6/c1-10-4-6-11(8-10,7-5-10)9(13)12(2)3;1-2/h4-8H2,1-3H3;1-2H3. The Hall–Kier alpha value is -0.530. The zero-order valence-corrected chi connectivity index (χ0v) is 10.9. The first kappa shape index (κ1) is 12.5. The molecule has 0 N–H and O–H groups in total. The first-order chi connectivity index (χ1) is 6.98. The molecule has 2 saturated carbocycles. The molecule has 0 heterocycles. The Morgan fingerprint density at radius 2 is 1.53 bits per heavy atom. The largest absolute Gasteiger partial charge is 0.348 e. The third kappa shape index (κ3) is 2.04. The van der Waals surface area contributed by atoms with Crippen molar-refractivity contribution in [1.82, 2.24) is 4.90 Å². The maximum absolute atomic E-state index is 12.0. The molecule has 0 aromatic carbocycles. The molecule has 0 aromatic rings. The first-order valence-electron chi connectivity index (χ1n) is 6.19. The fourth-order valence-electron chi connectivity index (χ4n) is 3.27. The van der Waals surface area contributed by atoms with Gasteiger partial charge in [-0.3, -0.25) is 4.79 Å². The average Bonchev–Trinajstić information content (AvgIpc) is 2.74. The van der Waals surface area contributed by atoms with Crippen LogP contribution in [-0.4, -0.2) is 24.9 Å². The van der Waals surface area contributed by atoms with Crippen LogP contribution in [0, 0.1) is 10.8 Å². The van der Waals surface area contributed by atoms with Crippen molar-refractivity contribution in [2.45, 2.75) is 52.9 Å². The molecule has 2 fully saturated rings. The summed E-state index contributed by atoms with van der Waals surface area (Å²) in [6.45, 7) is 6.34. The molecule has 0 aromatic heterocycles. The predicted molar refractivity (Wildman–Crippen MR) is 63.7 cm³/mol. The fourth-order valence-corrected chi connectivity index (χ4v) is 3.27. The van der Waals surface area contributed by atoms with E-state index >= 15 is 0 Å². The van der Waals surface area contributed by atoms with Gasteiger partial charge in [-0.2, -0.15) is 0 Å². The zero-order chi connectivity index (χ0) is 11.7. The van der Waals surface area contributed by atoms with Gasteiger partial charge in [-0.05, 0) is 37.5 Å². The molecule has 0 spiro atoms. The second-order valence-corrected chi connectivity index (χ2v) is 5.47. The van der Waals surface area contributed by atoms with E-state index in [0.29, 0.717) is 11.3 Å². The predicted octanol–water partition coefficient (Wildman–Crippen LogP) is 3.07. The highest BCUT2D eigenvalue weighted by Crippen LogP contribution is 2.61. The first-order valence-corrected chi connectivity index (χ1v) is 6.19. The van der Waals surface area contributed by atoms with E-state index in [-0.39, 0.29) is 5.41 Å². The second kappa shape index (κ2) is 4.15. The molecule has 1 amide bonds. The molecule has 2 heteroatoms. The maximum atomic E-state index is 12.0. The van der Waals surface area contributed by atoms with Crippen molar-refractivity contribution < 1.29 is 4.79 Å². The molecular weight excluding hydrogens is 186 g/mol. The van der Waals surface area contributed by atoms with Gasteiger partial charge in [0.2, 0.25) is 5.91 Å². The van der Waals surface area contributed by atoms with Crippen molar-refractivity contribution in [3.05, 3.63) is 0 Å². The van der Waals surface area contributed by atoms with E-state index in [0.717, 1.165) is 19.3 Å². The Bertz CT molecular complexity index is 237. The van der Waals surface area contributed by atoms with E-state index < -0.39 is 0 Å². The second-order valence-electron chi connectivity index (χ2n) is 5.47. The minimum Gasteiger partial charge on any atom is -0.348 e. The number of hydrogen-bond donors (Lipinski definition) is 0. The molecule has 2 bridgehead atoms. The monoisotopic (exact) mass is 211 g/mol. The Balaban J connectivity index is 0.000000531. The van der Waals surface area contributed by atoms with Crippen molar-refractivity contribution in [2.75, 3.05) is 14.1 Å². The van der Waals surface area contributed by atoms with Crippen LogP contribution in [0.5, 0.6) is 0 Å². The summed E-state index contributed by atoms with van der Waals surface area (Å²) in [7, 11) is 3.76. The Kier molecular flexibility index (Phi) is 3.47. The van der Waals surface area contributed by atoms with Gasteiger partial charge in [-0.15, -0.1) is 0 Å². The number of rotatable bonds is 1. The highest BCUT2D eigenvalue weighted by molar-refractivity contribution is 5.83. The number of carbonyl (C=O) groups is 1. The summed E-state index contributed by atoms with van der Waals surface area (Å²) in [6.07, 6.45) is 5.90. The van der Waals surface area contributed by atoms with Gasteiger partial charge in [-0.25, -0.2) is 0 Å². The third-order valence-electron chi connectivity index (χ3n) is 4.04. The molecule has 0 radical (unpaired) electrons. The summed E-state index contributed by atoms with van der Waals surface area (Å²) in [4.78, 5) is 13.8. The minimum absolute atomic E-state index is 0.0399. The van der Waals surface area contributed by atoms with Gasteiger partial charge in [0.25, 0.3) is 0 Å². The number of hydrogen-bond acceptors (Lipinski definition) is 1. The van der Waals surface area contributed by atoms with E-state index in [1.165, 1.54) is 12.8 Å². The van der Waals surface area contributed by atoms with Crippen molar-refractivity contribution >= 4 is 5.91 Å². The van der Waals surface area contributed by atoms with Gasteiger partial charge in [0.15, 0.2) is 0 Å². The third-order valence-corrected chi connectivity index (χ3v) is 4.04. The Labute approximate surface area is 94.0 Å². The van der Waals surface area contributed by atoms with Crippen LogP contribution in [0.3, 0.4) is 0 Å². The molecule has 0 atom stereocenters. The quantitative estimate of drug-likeness (QED) is 0.652. The van der Waals surface area contributed by atoms with Crippen LogP contribution in [0.1, 0.15) is 52.9 Å². The summed E-state index contributed by atoms with van der Waals surface area (Å²) in [5.41, 5.74) is 0.532. The molecular formula is C13H25NO. The van der Waals surface area contributed by atoms with Crippen molar-refractivity contribution in [2.24, 2.45) is 10.8 Å². The summed E-state index contributed by atoms with van der Waals surface area (Å²) in [5.74, 6) is 0.369. The Morgan fingerprint density at radius 3 is 1.80 bits per heavy atom. The fraction of sp³-hybridized carbons (Fsp3) is 0.923. The summed E-state index contributed by atoms with van der Waals surface area (Å²) < 4.78 is 0. The summed E-state index contributed by atoms with van der Waals surface area (Å²) in [6, 6.07) is 0. The SMILES string of the molecule is CC.CN(C)C(=O)C12CCC(C)(CC1)C2. The molecule has 2 rings (SSSR count). The van der Waals surface area contributed by atoms with Crippen LogP contribution in [-0.2, 0) is 4.79 Å². The van der Waals surface area contributed by atoms with E-state index in [1.807, 2.05) is 27.9 Å². The molecule has 2 nitrogen and oxygen atoms in total. The van der Waals surface area contributed by atoms with E-state index in [1.54, 1.807) is 4.90 Å². The smallest absolute Gasteiger partial charge is 0.228 e. The molecule has 2 aliphatic rings. The summed E-state index contributed by atoms with van der Waals surface area (Å²) >= 11 is 0. The van der Waals surface area contributed by atoms with Gasteiger partial charge < -0.3 is 4.90 Å². The molecule has 2 aliphatic carbocycles. The number of nitrogens with zero attached hydrogens (tertiary/aromatic N) is 1. The molecule has 0 aliphatic heterocycles. The molecule has 0 unspecified atom stereocenters. The van der Waals surface area contributed by atoms with Crippen LogP contribution in [0.25, 0.3) is 0 Å². The number of fused-ring (bicyclic) bond motifs is 2. The van der Waals surface area contributed by atoms with Crippen molar-refractivity contribution in [1.29, 1.82) is 0 Å². The van der Waals surface area contributed by atoms with Gasteiger partial charge in [0.05, 0.1) is 0 Å². The highest BCUT2D eigenvalue weighted by Gasteiger charge is 2.55. The van der Waals surface area contributed by atoms with Crippen LogP contribution in [0.15, 0.2) is 0 Å². The normalized spacial score (nSPS) is 37.1. The van der Waals surface area contributed by atoms with Gasteiger partial charge >= 0.3 is 0 Å². The molecule has 0 saturated heterocycles. The number of amides is 1.